The molecule has 2 aromatic carbocycles. The molecule has 2 rings (SSSR count). The van der Waals surface area contributed by atoms with Crippen LogP contribution in [0.3, 0.4) is 0 Å². The van der Waals surface area contributed by atoms with Crippen LogP contribution >= 0.6 is 11.8 Å². The van der Waals surface area contributed by atoms with Gasteiger partial charge in [-0.15, -0.1) is 11.8 Å². The lowest BCUT2D eigenvalue weighted by molar-refractivity contribution is -0.384. The number of nitrogens with one attached hydrogen (secondary N) is 2. The van der Waals surface area contributed by atoms with Gasteiger partial charge in [0.2, 0.25) is 11.8 Å². The van der Waals surface area contributed by atoms with Crippen LogP contribution in [0.15, 0.2) is 53.6 Å². The lowest BCUT2D eigenvalue weighted by Crippen LogP contribution is -2.21. The fraction of sp³-hybridized carbons (Fsp3) is 0.211. The third-order valence-corrected chi connectivity index (χ3v) is 4.60. The Balaban J connectivity index is 1.82. The van der Waals surface area contributed by atoms with Crippen molar-refractivity contribution >= 4 is 40.7 Å². The van der Waals surface area contributed by atoms with Crippen molar-refractivity contribution in [3.63, 3.8) is 0 Å². The molecule has 0 heterocycles. The van der Waals surface area contributed by atoms with E-state index in [1.807, 2.05) is 6.07 Å². The topological polar surface area (TPSA) is 114 Å². The van der Waals surface area contributed by atoms with Gasteiger partial charge < -0.3 is 5.32 Å². The number of nitro benzene ring substituents is 1. The van der Waals surface area contributed by atoms with Crippen LogP contribution in [0, 0.1) is 10.1 Å². The molecule has 0 saturated heterocycles. The van der Waals surface area contributed by atoms with Crippen molar-refractivity contribution < 1.29 is 14.5 Å². The van der Waals surface area contributed by atoms with Crippen LogP contribution < -0.4 is 10.7 Å². The second-order valence-electron chi connectivity index (χ2n) is 5.91. The summed E-state index contributed by atoms with van der Waals surface area (Å²) < 4.78 is 0. The van der Waals surface area contributed by atoms with Crippen molar-refractivity contribution in [3.8, 4) is 0 Å². The molecule has 2 N–H and O–H groups in total. The summed E-state index contributed by atoms with van der Waals surface area (Å²) in [5.74, 6) is 0.362. The molecular formula is C19H20N4O4S. The monoisotopic (exact) mass is 400 g/mol. The van der Waals surface area contributed by atoms with Crippen LogP contribution in [0.4, 0.5) is 11.4 Å². The third kappa shape index (κ3) is 6.84. The number of nitrogens with zero attached hydrogens (tertiary/aromatic N) is 2. The van der Waals surface area contributed by atoms with E-state index in [4.69, 9.17) is 0 Å². The van der Waals surface area contributed by atoms with Gasteiger partial charge in [0, 0.05) is 30.5 Å². The lowest BCUT2D eigenvalue weighted by atomic mass is 10.1. The molecular weight excluding hydrogens is 380 g/mol. The molecule has 28 heavy (non-hydrogen) atoms. The molecule has 2 amide bonds. The molecule has 146 valence electrons. The van der Waals surface area contributed by atoms with Crippen molar-refractivity contribution in [2.24, 2.45) is 5.10 Å². The first kappa shape index (κ1) is 21.1. The zero-order valence-electron chi connectivity index (χ0n) is 15.5. The summed E-state index contributed by atoms with van der Waals surface area (Å²) in [6.45, 7) is 3.19. The highest BCUT2D eigenvalue weighted by Gasteiger charge is 2.06. The number of non-ortho nitro benzene ring substituents is 1. The van der Waals surface area contributed by atoms with Gasteiger partial charge in [0.15, 0.2) is 0 Å². The number of hydrazone groups is 1. The highest BCUT2D eigenvalue weighted by Crippen LogP contribution is 2.16. The van der Waals surface area contributed by atoms with Gasteiger partial charge in [0.1, 0.15) is 0 Å². The highest BCUT2D eigenvalue weighted by atomic mass is 32.2. The van der Waals surface area contributed by atoms with E-state index in [0.717, 1.165) is 11.1 Å². The molecule has 0 atom stereocenters. The van der Waals surface area contributed by atoms with Gasteiger partial charge in [-0.25, -0.2) is 5.43 Å². The van der Waals surface area contributed by atoms with E-state index in [9.17, 15) is 19.7 Å². The molecule has 8 nitrogen and oxygen atoms in total. The fourth-order valence-electron chi connectivity index (χ4n) is 2.24. The predicted octanol–water partition coefficient (Wildman–Crippen LogP) is 3.33. The van der Waals surface area contributed by atoms with Gasteiger partial charge in [-0.1, -0.05) is 24.3 Å². The number of hydrogen-bond acceptors (Lipinski definition) is 6. The second-order valence-corrected chi connectivity index (χ2v) is 6.90. The standard InChI is InChI=1S/C19H20N4O4S/c1-13(16-4-3-5-17(10-16)20-14(2)24)21-22-19(25)12-28-11-15-6-8-18(9-7-15)23(26)27/h3-10H,11-12H2,1-2H3,(H,20,24)(H,22,25)/b21-13-. The molecule has 0 radical (unpaired) electrons. The Labute approximate surface area is 166 Å². The number of anilines is 1. The van der Waals surface area contributed by atoms with Crippen LogP contribution in [0.2, 0.25) is 0 Å². The second kappa shape index (κ2) is 10.2. The molecule has 0 bridgehead atoms. The fourth-order valence-corrected chi connectivity index (χ4v) is 3.02. The van der Waals surface area contributed by atoms with E-state index in [1.165, 1.54) is 30.8 Å². The molecule has 9 heteroatoms. The van der Waals surface area contributed by atoms with Gasteiger partial charge in [-0.05, 0) is 30.2 Å². The Hall–Kier alpha value is -3.20. The minimum atomic E-state index is -0.448. The summed E-state index contributed by atoms with van der Waals surface area (Å²) in [4.78, 5) is 33.2. The van der Waals surface area contributed by atoms with E-state index >= 15 is 0 Å². The lowest BCUT2D eigenvalue weighted by Gasteiger charge is -2.06. The van der Waals surface area contributed by atoms with Gasteiger partial charge >= 0.3 is 0 Å². The maximum Gasteiger partial charge on any atom is 0.269 e. The Bertz CT molecular complexity index is 897. The SMILES string of the molecule is CC(=O)Nc1cccc(/C(C)=N\NC(=O)CSCc2ccc([N+](=O)[O-])cc2)c1. The summed E-state index contributed by atoms with van der Waals surface area (Å²) in [6.07, 6.45) is 0. The van der Waals surface area contributed by atoms with Crippen LogP contribution in [-0.2, 0) is 15.3 Å². The van der Waals surface area contributed by atoms with Crippen molar-refractivity contribution in [1.29, 1.82) is 0 Å². The first-order chi connectivity index (χ1) is 13.3. The number of amides is 2. The van der Waals surface area contributed by atoms with Crippen molar-refractivity contribution in [2.45, 2.75) is 19.6 Å². The van der Waals surface area contributed by atoms with Crippen LogP contribution in [0.1, 0.15) is 25.0 Å². The number of rotatable bonds is 8. The minimum Gasteiger partial charge on any atom is -0.326 e. The number of hydrogen-bond donors (Lipinski definition) is 2. The quantitative estimate of drug-likeness (QED) is 0.401. The molecule has 0 fully saturated rings. The zero-order chi connectivity index (χ0) is 20.5. The maximum absolute atomic E-state index is 11.9. The summed E-state index contributed by atoms with van der Waals surface area (Å²) in [7, 11) is 0. The Morgan fingerprint density at radius 1 is 1.14 bits per heavy atom. The molecule has 0 aliphatic carbocycles. The summed E-state index contributed by atoms with van der Waals surface area (Å²) in [5, 5.41) is 17.4. The number of nitro groups is 1. The average Bonchev–Trinajstić information content (AvgIpc) is 2.66. The van der Waals surface area contributed by atoms with Crippen molar-refractivity contribution in [1.82, 2.24) is 5.43 Å². The Morgan fingerprint density at radius 3 is 2.50 bits per heavy atom. The minimum absolute atomic E-state index is 0.0406. The summed E-state index contributed by atoms with van der Waals surface area (Å²) in [5.41, 5.74) is 5.50. The van der Waals surface area contributed by atoms with E-state index in [1.54, 1.807) is 37.3 Å². The van der Waals surface area contributed by atoms with Crippen molar-refractivity contribution in [2.75, 3.05) is 11.1 Å². The van der Waals surface area contributed by atoms with Gasteiger partial charge in [-0.2, -0.15) is 5.10 Å². The van der Waals surface area contributed by atoms with Crippen LogP contribution in [-0.4, -0.2) is 28.2 Å². The van der Waals surface area contributed by atoms with E-state index in [2.05, 4.69) is 15.8 Å². The molecule has 2 aromatic rings. The summed E-state index contributed by atoms with van der Waals surface area (Å²) in [6, 6.07) is 13.4. The largest absolute Gasteiger partial charge is 0.326 e. The highest BCUT2D eigenvalue weighted by molar-refractivity contribution is 7.99. The van der Waals surface area contributed by atoms with Gasteiger partial charge in [-0.3, -0.25) is 19.7 Å². The molecule has 0 aliphatic rings. The Kier molecular flexibility index (Phi) is 7.70. The smallest absolute Gasteiger partial charge is 0.269 e. The molecule has 0 unspecified atom stereocenters. The van der Waals surface area contributed by atoms with E-state index in [0.29, 0.717) is 17.2 Å². The predicted molar refractivity (Wildman–Crippen MR) is 110 cm³/mol. The molecule has 0 aliphatic heterocycles. The normalized spacial score (nSPS) is 11.0. The van der Waals surface area contributed by atoms with Crippen molar-refractivity contribution in [3.05, 3.63) is 69.8 Å². The van der Waals surface area contributed by atoms with E-state index < -0.39 is 4.92 Å². The van der Waals surface area contributed by atoms with Gasteiger partial charge in [0.25, 0.3) is 5.69 Å². The first-order valence-electron chi connectivity index (χ1n) is 8.37. The number of thioether (sulfide) groups is 1. The van der Waals surface area contributed by atoms with Gasteiger partial charge in [0.05, 0.1) is 16.4 Å². The first-order valence-corrected chi connectivity index (χ1v) is 9.53. The average molecular weight is 400 g/mol. The third-order valence-electron chi connectivity index (χ3n) is 3.60. The van der Waals surface area contributed by atoms with E-state index in [-0.39, 0.29) is 23.3 Å². The molecule has 0 spiro atoms. The molecule has 0 saturated carbocycles. The molecule has 0 aromatic heterocycles. The van der Waals surface area contributed by atoms with Crippen LogP contribution in [0.25, 0.3) is 0 Å². The number of carbonyl (C=O) groups is 2. The zero-order valence-corrected chi connectivity index (χ0v) is 16.3. The maximum atomic E-state index is 11.9. The number of carbonyl (C=O) groups excluding carboxylic acids is 2. The Morgan fingerprint density at radius 2 is 1.86 bits per heavy atom. The number of benzene rings is 2. The van der Waals surface area contributed by atoms with Crippen LogP contribution in [0.5, 0.6) is 0 Å². The summed E-state index contributed by atoms with van der Waals surface area (Å²) >= 11 is 1.39.